The van der Waals surface area contributed by atoms with E-state index in [0.29, 0.717) is 0 Å². The van der Waals surface area contributed by atoms with Gasteiger partial charge >= 0.3 is 0 Å². The fraction of sp³-hybridized carbons (Fsp3) is 0.154. The number of hydrogen-bond acceptors (Lipinski definition) is 1. The molecule has 2 aromatic rings. The van der Waals surface area contributed by atoms with Crippen molar-refractivity contribution in [2.45, 2.75) is 13.8 Å². The molecule has 0 fully saturated rings. The van der Waals surface area contributed by atoms with Gasteiger partial charge in [-0.3, -0.25) is 0 Å². The van der Waals surface area contributed by atoms with Crippen molar-refractivity contribution in [2.24, 2.45) is 0 Å². The SMILES string of the molecule is C=Cc1cc(C)c2cc(C)ccc2n1. The van der Waals surface area contributed by atoms with Gasteiger partial charge in [0.1, 0.15) is 0 Å². The predicted octanol–water partition coefficient (Wildman–Crippen LogP) is 3.49. The fourth-order valence-electron chi connectivity index (χ4n) is 1.64. The number of aromatic nitrogens is 1. The molecule has 1 heteroatoms. The normalized spacial score (nSPS) is 10.4. The van der Waals surface area contributed by atoms with Crippen molar-refractivity contribution in [1.82, 2.24) is 4.98 Å². The first kappa shape index (κ1) is 8.95. The maximum Gasteiger partial charge on any atom is 0.0712 e. The van der Waals surface area contributed by atoms with Gasteiger partial charge in [-0.15, -0.1) is 0 Å². The van der Waals surface area contributed by atoms with Crippen LogP contribution in [0.1, 0.15) is 16.8 Å². The van der Waals surface area contributed by atoms with Crippen molar-refractivity contribution in [3.63, 3.8) is 0 Å². The van der Waals surface area contributed by atoms with Crippen LogP contribution in [0.15, 0.2) is 30.8 Å². The average molecular weight is 183 g/mol. The highest BCUT2D eigenvalue weighted by Crippen LogP contribution is 2.19. The van der Waals surface area contributed by atoms with Gasteiger partial charge in [0.25, 0.3) is 0 Å². The summed E-state index contributed by atoms with van der Waals surface area (Å²) in [6, 6.07) is 8.38. The highest BCUT2D eigenvalue weighted by molar-refractivity contribution is 5.83. The number of benzene rings is 1. The molecule has 0 spiro atoms. The van der Waals surface area contributed by atoms with Crippen molar-refractivity contribution >= 4 is 17.0 Å². The molecule has 0 saturated heterocycles. The lowest BCUT2D eigenvalue weighted by Crippen LogP contribution is -1.87. The van der Waals surface area contributed by atoms with E-state index in [1.807, 2.05) is 0 Å². The molecule has 0 bridgehead atoms. The first-order chi connectivity index (χ1) is 6.70. The Kier molecular flexibility index (Phi) is 2.08. The maximum absolute atomic E-state index is 4.48. The second kappa shape index (κ2) is 3.26. The summed E-state index contributed by atoms with van der Waals surface area (Å²) in [6.07, 6.45) is 1.78. The van der Waals surface area contributed by atoms with Crippen molar-refractivity contribution in [1.29, 1.82) is 0 Å². The minimum Gasteiger partial charge on any atom is -0.248 e. The van der Waals surface area contributed by atoms with E-state index >= 15 is 0 Å². The third-order valence-electron chi connectivity index (χ3n) is 2.40. The Labute approximate surface area is 84.1 Å². The largest absolute Gasteiger partial charge is 0.248 e. The van der Waals surface area contributed by atoms with Crippen LogP contribution in [0, 0.1) is 13.8 Å². The van der Waals surface area contributed by atoms with Gasteiger partial charge in [-0.05, 0) is 43.7 Å². The number of hydrogen-bond donors (Lipinski definition) is 0. The van der Waals surface area contributed by atoms with Crippen LogP contribution in [-0.2, 0) is 0 Å². The second-order valence-electron chi connectivity index (χ2n) is 3.59. The van der Waals surface area contributed by atoms with Gasteiger partial charge in [-0.25, -0.2) is 4.98 Å². The van der Waals surface area contributed by atoms with Crippen molar-refractivity contribution < 1.29 is 0 Å². The first-order valence-electron chi connectivity index (χ1n) is 4.71. The lowest BCUT2D eigenvalue weighted by molar-refractivity contribution is 1.33. The van der Waals surface area contributed by atoms with Crippen LogP contribution in [0.2, 0.25) is 0 Å². The van der Waals surface area contributed by atoms with Crippen LogP contribution >= 0.6 is 0 Å². The quantitative estimate of drug-likeness (QED) is 0.659. The van der Waals surface area contributed by atoms with Crippen LogP contribution in [0.25, 0.3) is 17.0 Å². The van der Waals surface area contributed by atoms with Crippen molar-refractivity contribution in [3.8, 4) is 0 Å². The van der Waals surface area contributed by atoms with Crippen LogP contribution in [0.3, 0.4) is 0 Å². The summed E-state index contributed by atoms with van der Waals surface area (Å²) in [5.41, 5.74) is 4.52. The number of fused-ring (bicyclic) bond motifs is 1. The third-order valence-corrected chi connectivity index (χ3v) is 2.40. The summed E-state index contributed by atoms with van der Waals surface area (Å²) in [7, 11) is 0. The molecule has 0 aliphatic rings. The summed E-state index contributed by atoms with van der Waals surface area (Å²) >= 11 is 0. The zero-order chi connectivity index (χ0) is 10.1. The molecule has 1 aromatic heterocycles. The highest BCUT2D eigenvalue weighted by atomic mass is 14.7. The molecule has 0 saturated carbocycles. The molecular formula is C13H13N. The molecule has 2 rings (SSSR count). The first-order valence-corrected chi connectivity index (χ1v) is 4.71. The van der Waals surface area contributed by atoms with Gasteiger partial charge < -0.3 is 0 Å². The standard InChI is InChI=1S/C13H13N/c1-4-11-8-10(3)12-7-9(2)5-6-13(12)14-11/h4-8H,1H2,2-3H3. The predicted molar refractivity (Wildman–Crippen MR) is 61.3 cm³/mol. The Hall–Kier alpha value is -1.63. The van der Waals surface area contributed by atoms with Crippen molar-refractivity contribution in [2.75, 3.05) is 0 Å². The van der Waals surface area contributed by atoms with E-state index in [1.54, 1.807) is 6.08 Å². The number of aryl methyl sites for hydroxylation is 2. The zero-order valence-corrected chi connectivity index (χ0v) is 8.54. The molecular weight excluding hydrogens is 170 g/mol. The molecule has 0 unspecified atom stereocenters. The monoisotopic (exact) mass is 183 g/mol. The van der Waals surface area contributed by atoms with Gasteiger partial charge in [0.15, 0.2) is 0 Å². The maximum atomic E-state index is 4.48. The van der Waals surface area contributed by atoms with Crippen LogP contribution < -0.4 is 0 Å². The van der Waals surface area contributed by atoms with E-state index < -0.39 is 0 Å². The second-order valence-corrected chi connectivity index (χ2v) is 3.59. The Morgan fingerprint density at radius 2 is 2.00 bits per heavy atom. The third kappa shape index (κ3) is 1.41. The number of pyridine rings is 1. The number of rotatable bonds is 1. The summed E-state index contributed by atoms with van der Waals surface area (Å²) in [6.45, 7) is 7.94. The Morgan fingerprint density at radius 1 is 1.21 bits per heavy atom. The molecule has 1 nitrogen and oxygen atoms in total. The molecule has 1 aromatic carbocycles. The molecule has 70 valence electrons. The molecule has 14 heavy (non-hydrogen) atoms. The topological polar surface area (TPSA) is 12.9 Å². The minimum absolute atomic E-state index is 0.943. The van der Waals surface area contributed by atoms with E-state index in [1.165, 1.54) is 16.5 Å². The molecule has 1 heterocycles. The minimum atomic E-state index is 0.943. The smallest absolute Gasteiger partial charge is 0.0712 e. The van der Waals surface area contributed by atoms with E-state index in [4.69, 9.17) is 0 Å². The fourth-order valence-corrected chi connectivity index (χ4v) is 1.64. The average Bonchev–Trinajstić information content (AvgIpc) is 2.19. The van der Waals surface area contributed by atoms with Gasteiger partial charge in [0.05, 0.1) is 11.2 Å². The van der Waals surface area contributed by atoms with Crippen LogP contribution in [-0.4, -0.2) is 4.98 Å². The summed E-state index contributed by atoms with van der Waals surface area (Å²) in [5.74, 6) is 0. The Balaban J connectivity index is 2.82. The summed E-state index contributed by atoms with van der Waals surface area (Å²) in [5, 5.41) is 1.23. The molecule has 0 aliphatic carbocycles. The van der Waals surface area contributed by atoms with Gasteiger partial charge in [0, 0.05) is 5.39 Å². The lowest BCUT2D eigenvalue weighted by atomic mass is 10.1. The van der Waals surface area contributed by atoms with E-state index in [9.17, 15) is 0 Å². The van der Waals surface area contributed by atoms with Gasteiger partial charge in [-0.1, -0.05) is 18.2 Å². The molecule has 0 radical (unpaired) electrons. The van der Waals surface area contributed by atoms with Gasteiger partial charge in [0.2, 0.25) is 0 Å². The van der Waals surface area contributed by atoms with E-state index in [0.717, 1.165) is 11.2 Å². The molecule has 0 aliphatic heterocycles. The summed E-state index contributed by atoms with van der Waals surface area (Å²) < 4.78 is 0. The summed E-state index contributed by atoms with van der Waals surface area (Å²) in [4.78, 5) is 4.48. The Bertz CT molecular complexity index is 498. The Morgan fingerprint density at radius 3 is 2.71 bits per heavy atom. The highest BCUT2D eigenvalue weighted by Gasteiger charge is 2.00. The lowest BCUT2D eigenvalue weighted by Gasteiger charge is -2.04. The zero-order valence-electron chi connectivity index (χ0n) is 8.54. The molecule has 0 N–H and O–H groups in total. The van der Waals surface area contributed by atoms with E-state index in [2.05, 4.69) is 49.7 Å². The van der Waals surface area contributed by atoms with Crippen LogP contribution in [0.4, 0.5) is 0 Å². The molecule has 0 atom stereocenters. The van der Waals surface area contributed by atoms with E-state index in [-0.39, 0.29) is 0 Å². The van der Waals surface area contributed by atoms with Crippen molar-refractivity contribution in [3.05, 3.63) is 47.7 Å². The number of nitrogens with zero attached hydrogens (tertiary/aromatic N) is 1. The molecule has 0 amide bonds. The van der Waals surface area contributed by atoms with Crippen LogP contribution in [0.5, 0.6) is 0 Å². The van der Waals surface area contributed by atoms with Gasteiger partial charge in [-0.2, -0.15) is 0 Å².